The van der Waals surface area contributed by atoms with Gasteiger partial charge < -0.3 is 24.3 Å². The smallest absolute Gasteiger partial charge is 0.205 e. The number of aromatic nitrogens is 1. The lowest BCUT2D eigenvalue weighted by Gasteiger charge is -2.31. The lowest BCUT2D eigenvalue weighted by Crippen LogP contribution is -2.43. The highest BCUT2D eigenvalue weighted by atomic mass is 16.5. The fourth-order valence-corrected chi connectivity index (χ4v) is 4.97. The summed E-state index contributed by atoms with van der Waals surface area (Å²) in [5.41, 5.74) is 2.75. The third-order valence-corrected chi connectivity index (χ3v) is 7.16. The van der Waals surface area contributed by atoms with E-state index in [1.54, 1.807) is 18.3 Å². The lowest BCUT2D eigenvalue weighted by atomic mass is 10.1. The third kappa shape index (κ3) is 5.15. The summed E-state index contributed by atoms with van der Waals surface area (Å²) in [4.78, 5) is 29.2. The molecule has 0 spiro atoms. The number of hydrogen-bond acceptors (Lipinski definition) is 6. The number of piperazine rings is 1. The summed E-state index contributed by atoms with van der Waals surface area (Å²) in [5.74, 6) is 0.933. The third-order valence-electron chi connectivity index (χ3n) is 7.16. The molecule has 1 N–H and O–H groups in total. The van der Waals surface area contributed by atoms with Gasteiger partial charge in [0.25, 0.3) is 0 Å². The predicted octanol–water partition coefficient (Wildman–Crippen LogP) is 4.59. The number of carbonyl (C=O) groups is 1. The van der Waals surface area contributed by atoms with E-state index in [-0.39, 0.29) is 29.4 Å². The van der Waals surface area contributed by atoms with Crippen molar-refractivity contribution >= 4 is 22.4 Å². The van der Waals surface area contributed by atoms with E-state index in [2.05, 4.69) is 20.9 Å². The average Bonchev–Trinajstić information content (AvgIpc) is 3.82. The van der Waals surface area contributed by atoms with Gasteiger partial charge in [0.05, 0.1) is 22.2 Å². The molecule has 2 fully saturated rings. The van der Waals surface area contributed by atoms with Gasteiger partial charge in [0, 0.05) is 38.4 Å². The van der Waals surface area contributed by atoms with Gasteiger partial charge in [-0.05, 0) is 42.7 Å². The Kier molecular flexibility index (Phi) is 6.84. The average molecular weight is 510 g/mol. The predicted molar refractivity (Wildman–Crippen MR) is 149 cm³/mol. The Morgan fingerprint density at radius 1 is 0.921 bits per heavy atom. The largest absolute Gasteiger partial charge is 0.487 e. The fourth-order valence-electron chi connectivity index (χ4n) is 4.97. The number of nitrogens with one attached hydrogen (secondary N) is 1. The summed E-state index contributed by atoms with van der Waals surface area (Å²) >= 11 is 0. The number of benzene rings is 3. The second-order valence-corrected chi connectivity index (χ2v) is 9.88. The van der Waals surface area contributed by atoms with Crippen LogP contribution in [-0.2, 0) is 6.61 Å². The van der Waals surface area contributed by atoms with Crippen LogP contribution in [0.1, 0.15) is 34.8 Å². The molecule has 0 radical (unpaired) electrons. The molecule has 1 aliphatic carbocycles. The van der Waals surface area contributed by atoms with Crippen molar-refractivity contribution in [2.75, 3.05) is 37.7 Å². The first-order chi connectivity index (χ1) is 18.7. The van der Waals surface area contributed by atoms with E-state index in [1.807, 2.05) is 54.6 Å². The Labute approximate surface area is 221 Å². The SMILES string of the molecule is O=C(COc1ccccc1)c1cn(C2CC2)c2cc(N3CCNCC3)c(OCc3ccccc3)cc2c1=O. The van der Waals surface area contributed by atoms with Crippen LogP contribution >= 0.6 is 0 Å². The number of nitrogens with zero attached hydrogens (tertiary/aromatic N) is 2. The Balaban J connectivity index is 1.40. The molecule has 0 amide bonds. The summed E-state index contributed by atoms with van der Waals surface area (Å²) in [6, 6.07) is 23.4. The van der Waals surface area contributed by atoms with Crippen molar-refractivity contribution < 1.29 is 14.3 Å². The molecule has 2 aliphatic rings. The number of carbonyl (C=O) groups excluding carboxylic acids is 1. The quantitative estimate of drug-likeness (QED) is 0.333. The van der Waals surface area contributed by atoms with Gasteiger partial charge in [-0.15, -0.1) is 0 Å². The van der Waals surface area contributed by atoms with Gasteiger partial charge in [0.1, 0.15) is 18.1 Å². The molecule has 3 aromatic carbocycles. The van der Waals surface area contributed by atoms with Gasteiger partial charge in [-0.3, -0.25) is 9.59 Å². The second kappa shape index (κ2) is 10.7. The standard InChI is InChI=1S/C31H31N3O4/c35-29(21-37-24-9-5-2-6-10-24)26-19-34(23-11-12-23)27-18-28(33-15-13-32-14-16-33)30(17-25(27)31(26)36)38-20-22-7-3-1-4-8-22/h1-10,17-19,23,32H,11-16,20-21H2. The number of ketones is 1. The van der Waals surface area contributed by atoms with Crippen LogP contribution < -0.4 is 25.1 Å². The Morgan fingerprint density at radius 2 is 1.63 bits per heavy atom. The first-order valence-corrected chi connectivity index (χ1v) is 13.2. The first kappa shape index (κ1) is 24.2. The van der Waals surface area contributed by atoms with E-state index < -0.39 is 0 Å². The maximum absolute atomic E-state index is 13.7. The molecule has 194 valence electrons. The number of para-hydroxylation sites is 1. The monoisotopic (exact) mass is 509 g/mol. The molecular weight excluding hydrogens is 478 g/mol. The van der Waals surface area contributed by atoms with E-state index in [0.29, 0.717) is 23.5 Å². The van der Waals surface area contributed by atoms with Gasteiger partial charge in [0.2, 0.25) is 5.78 Å². The molecule has 1 aliphatic heterocycles. The van der Waals surface area contributed by atoms with Gasteiger partial charge in [-0.2, -0.15) is 0 Å². The van der Waals surface area contributed by atoms with Crippen LogP contribution in [-0.4, -0.2) is 43.1 Å². The minimum Gasteiger partial charge on any atom is -0.487 e. The molecule has 1 saturated heterocycles. The summed E-state index contributed by atoms with van der Waals surface area (Å²) in [6.45, 7) is 3.70. The number of pyridine rings is 1. The van der Waals surface area contributed by atoms with Crippen LogP contribution in [0.5, 0.6) is 11.5 Å². The van der Waals surface area contributed by atoms with Crippen molar-refractivity contribution in [3.8, 4) is 11.5 Å². The maximum atomic E-state index is 13.7. The molecule has 0 bridgehead atoms. The zero-order chi connectivity index (χ0) is 25.9. The summed E-state index contributed by atoms with van der Waals surface area (Å²) in [6.07, 6.45) is 3.80. The summed E-state index contributed by atoms with van der Waals surface area (Å²) in [7, 11) is 0. The number of hydrogen-bond donors (Lipinski definition) is 1. The van der Waals surface area contributed by atoms with Crippen molar-refractivity contribution in [2.24, 2.45) is 0 Å². The van der Waals surface area contributed by atoms with Gasteiger partial charge in [-0.25, -0.2) is 0 Å². The van der Waals surface area contributed by atoms with E-state index in [4.69, 9.17) is 9.47 Å². The molecule has 0 atom stereocenters. The minimum atomic E-state index is -0.326. The van der Waals surface area contributed by atoms with Crippen LogP contribution in [0.4, 0.5) is 5.69 Å². The summed E-state index contributed by atoms with van der Waals surface area (Å²) < 4.78 is 14.1. The highest BCUT2D eigenvalue weighted by Gasteiger charge is 2.28. The molecule has 2 heterocycles. The number of Topliss-reactive ketones (excluding diaryl/α,β-unsaturated/α-hetero) is 1. The summed E-state index contributed by atoms with van der Waals surface area (Å²) in [5, 5.41) is 3.91. The fraction of sp³-hybridized carbons (Fsp3) is 0.290. The van der Waals surface area contributed by atoms with Crippen molar-refractivity contribution in [1.29, 1.82) is 0 Å². The number of ether oxygens (including phenoxy) is 2. The van der Waals surface area contributed by atoms with Crippen LogP contribution in [0.15, 0.2) is 83.8 Å². The van der Waals surface area contributed by atoms with E-state index in [1.165, 1.54) is 0 Å². The second-order valence-electron chi connectivity index (χ2n) is 9.88. The zero-order valence-electron chi connectivity index (χ0n) is 21.3. The van der Waals surface area contributed by atoms with E-state index >= 15 is 0 Å². The molecular formula is C31H31N3O4. The number of rotatable bonds is 9. The van der Waals surface area contributed by atoms with Gasteiger partial charge >= 0.3 is 0 Å². The highest BCUT2D eigenvalue weighted by molar-refractivity contribution is 6.00. The van der Waals surface area contributed by atoms with Gasteiger partial charge in [0.15, 0.2) is 12.0 Å². The normalized spacial score (nSPS) is 15.4. The Morgan fingerprint density at radius 3 is 2.34 bits per heavy atom. The van der Waals surface area contributed by atoms with E-state index in [0.717, 1.165) is 55.8 Å². The first-order valence-electron chi connectivity index (χ1n) is 13.2. The maximum Gasteiger partial charge on any atom is 0.205 e. The van der Waals surface area contributed by atoms with Gasteiger partial charge in [-0.1, -0.05) is 48.5 Å². The molecule has 6 rings (SSSR count). The molecule has 0 unspecified atom stereocenters. The van der Waals surface area contributed by atoms with Crippen molar-refractivity contribution in [3.05, 3.63) is 100 Å². The number of fused-ring (bicyclic) bond motifs is 1. The van der Waals surface area contributed by atoms with E-state index in [9.17, 15) is 9.59 Å². The topological polar surface area (TPSA) is 72.8 Å². The Bertz CT molecular complexity index is 1490. The molecule has 4 aromatic rings. The number of anilines is 1. The van der Waals surface area contributed by atoms with Crippen molar-refractivity contribution in [1.82, 2.24) is 9.88 Å². The molecule has 1 aromatic heterocycles. The van der Waals surface area contributed by atoms with Crippen LogP contribution in [0, 0.1) is 0 Å². The lowest BCUT2D eigenvalue weighted by molar-refractivity contribution is 0.0920. The molecule has 7 nitrogen and oxygen atoms in total. The minimum absolute atomic E-state index is 0.157. The Hall–Kier alpha value is -4.10. The van der Waals surface area contributed by atoms with Crippen LogP contribution in [0.3, 0.4) is 0 Å². The molecule has 38 heavy (non-hydrogen) atoms. The molecule has 7 heteroatoms. The van der Waals surface area contributed by atoms with Crippen LogP contribution in [0.2, 0.25) is 0 Å². The van der Waals surface area contributed by atoms with Crippen molar-refractivity contribution in [3.63, 3.8) is 0 Å². The molecule has 1 saturated carbocycles. The van der Waals surface area contributed by atoms with Crippen LogP contribution in [0.25, 0.3) is 10.9 Å². The highest BCUT2D eigenvalue weighted by Crippen LogP contribution is 2.40. The van der Waals surface area contributed by atoms with Crippen molar-refractivity contribution in [2.45, 2.75) is 25.5 Å². The zero-order valence-corrected chi connectivity index (χ0v) is 21.3.